The Morgan fingerprint density at radius 1 is 1.65 bits per heavy atom. The third-order valence-corrected chi connectivity index (χ3v) is 4.32. The van der Waals surface area contributed by atoms with Gasteiger partial charge in [0.1, 0.15) is 12.0 Å². The van der Waals surface area contributed by atoms with Crippen molar-refractivity contribution in [2.75, 3.05) is 19.7 Å². The summed E-state index contributed by atoms with van der Waals surface area (Å²) in [5, 5.41) is 12.0. The highest BCUT2D eigenvalue weighted by molar-refractivity contribution is 7.09. The Labute approximate surface area is 120 Å². The van der Waals surface area contributed by atoms with E-state index >= 15 is 0 Å². The van der Waals surface area contributed by atoms with Crippen LogP contribution < -0.4 is 0 Å². The third kappa shape index (κ3) is 2.48. The number of carbonyl (C=O) groups excluding carboxylic acids is 1. The Hall–Kier alpha value is -1.66. The highest BCUT2D eigenvalue weighted by Crippen LogP contribution is 2.25. The Balaban J connectivity index is 1.75. The van der Waals surface area contributed by atoms with Crippen LogP contribution in [0.3, 0.4) is 0 Å². The second-order valence-electron chi connectivity index (χ2n) is 5.04. The number of nitrogens with zero attached hydrogens (tertiary/aromatic N) is 2. The van der Waals surface area contributed by atoms with Crippen LogP contribution in [0.1, 0.15) is 21.8 Å². The van der Waals surface area contributed by atoms with Crippen molar-refractivity contribution in [3.05, 3.63) is 28.3 Å². The van der Waals surface area contributed by atoms with Crippen LogP contribution in [0.5, 0.6) is 0 Å². The maximum Gasteiger partial charge on any atom is 0.257 e. The van der Waals surface area contributed by atoms with Crippen LogP contribution in [0, 0.1) is 12.8 Å². The van der Waals surface area contributed by atoms with Gasteiger partial charge in [0.2, 0.25) is 0 Å². The average Bonchev–Trinajstić information content (AvgIpc) is 3.17. The van der Waals surface area contributed by atoms with Crippen molar-refractivity contribution < 1.29 is 14.3 Å². The molecule has 3 heterocycles. The van der Waals surface area contributed by atoms with E-state index in [2.05, 4.69) is 4.98 Å². The molecular formula is C14H16N2O3S. The molecular weight excluding hydrogens is 276 g/mol. The lowest BCUT2D eigenvalue weighted by atomic mass is 10.1. The van der Waals surface area contributed by atoms with Crippen LogP contribution in [0.25, 0.3) is 11.5 Å². The van der Waals surface area contributed by atoms with Gasteiger partial charge in [0, 0.05) is 31.0 Å². The van der Waals surface area contributed by atoms with E-state index in [9.17, 15) is 4.79 Å². The van der Waals surface area contributed by atoms with Crippen LogP contribution in [0.2, 0.25) is 0 Å². The van der Waals surface area contributed by atoms with E-state index in [0.717, 1.165) is 17.1 Å². The van der Waals surface area contributed by atoms with Gasteiger partial charge in [-0.25, -0.2) is 4.98 Å². The average molecular weight is 292 g/mol. The zero-order chi connectivity index (χ0) is 14.1. The minimum atomic E-state index is -0.0390. The number of likely N-dealkylation sites (tertiary alicyclic amines) is 1. The second kappa shape index (κ2) is 5.38. The molecule has 0 spiro atoms. The monoisotopic (exact) mass is 292 g/mol. The molecule has 20 heavy (non-hydrogen) atoms. The molecule has 0 saturated carbocycles. The zero-order valence-corrected chi connectivity index (χ0v) is 12.0. The molecule has 0 aliphatic carbocycles. The summed E-state index contributed by atoms with van der Waals surface area (Å²) in [6.45, 7) is 3.38. The summed E-state index contributed by atoms with van der Waals surface area (Å²) in [6, 6.07) is 1.74. The normalized spacial score (nSPS) is 18.7. The molecule has 1 fully saturated rings. The predicted molar refractivity (Wildman–Crippen MR) is 75.6 cm³/mol. The second-order valence-corrected chi connectivity index (χ2v) is 6.10. The van der Waals surface area contributed by atoms with Crippen molar-refractivity contribution in [1.29, 1.82) is 0 Å². The molecule has 1 atom stereocenters. The summed E-state index contributed by atoms with van der Waals surface area (Å²) >= 11 is 1.55. The first kappa shape index (κ1) is 13.3. The maximum atomic E-state index is 12.3. The first-order valence-electron chi connectivity index (χ1n) is 6.58. The first-order chi connectivity index (χ1) is 9.67. The van der Waals surface area contributed by atoms with Crippen LogP contribution in [0.15, 0.2) is 22.1 Å². The molecule has 6 heteroatoms. The predicted octanol–water partition coefficient (Wildman–Crippen LogP) is 2.17. The number of aromatic nitrogens is 1. The number of amides is 1. The molecule has 2 aromatic heterocycles. The van der Waals surface area contributed by atoms with Gasteiger partial charge in [0.05, 0.1) is 10.6 Å². The summed E-state index contributed by atoms with van der Waals surface area (Å²) in [4.78, 5) is 18.4. The highest BCUT2D eigenvalue weighted by atomic mass is 32.1. The fourth-order valence-electron chi connectivity index (χ4n) is 2.41. The van der Waals surface area contributed by atoms with Gasteiger partial charge in [0.25, 0.3) is 5.91 Å². The van der Waals surface area contributed by atoms with E-state index in [-0.39, 0.29) is 18.4 Å². The van der Waals surface area contributed by atoms with Crippen LogP contribution >= 0.6 is 11.3 Å². The lowest BCUT2D eigenvalue weighted by molar-refractivity contribution is 0.0781. The lowest BCUT2D eigenvalue weighted by Crippen LogP contribution is -2.28. The van der Waals surface area contributed by atoms with Gasteiger partial charge in [-0.3, -0.25) is 4.79 Å². The minimum Gasteiger partial charge on any atom is -0.462 e. The van der Waals surface area contributed by atoms with E-state index in [1.54, 1.807) is 22.3 Å². The molecule has 1 saturated heterocycles. The first-order valence-corrected chi connectivity index (χ1v) is 7.46. The molecule has 0 radical (unpaired) electrons. The number of hydrogen-bond donors (Lipinski definition) is 1. The molecule has 1 aliphatic heterocycles. The van der Waals surface area contributed by atoms with Crippen molar-refractivity contribution in [3.63, 3.8) is 0 Å². The third-order valence-electron chi connectivity index (χ3n) is 3.55. The van der Waals surface area contributed by atoms with Gasteiger partial charge in [-0.2, -0.15) is 0 Å². The Bertz CT molecular complexity index is 619. The molecule has 0 bridgehead atoms. The smallest absolute Gasteiger partial charge is 0.257 e. The molecule has 106 valence electrons. The Morgan fingerprint density at radius 3 is 3.15 bits per heavy atom. The molecule has 0 aromatic carbocycles. The SMILES string of the molecule is Cc1nc(-c2cc(C(=O)N3CCC(CO)C3)co2)cs1. The van der Waals surface area contributed by atoms with E-state index in [0.29, 0.717) is 24.4 Å². The van der Waals surface area contributed by atoms with Gasteiger partial charge in [0.15, 0.2) is 5.76 Å². The number of hydrogen-bond acceptors (Lipinski definition) is 5. The molecule has 5 nitrogen and oxygen atoms in total. The standard InChI is InChI=1S/C14H16N2O3S/c1-9-15-12(8-20-9)13-4-11(7-19-13)14(18)16-3-2-10(5-16)6-17/h4,7-8,10,17H,2-3,5-6H2,1H3. The molecule has 1 N–H and O–H groups in total. The largest absolute Gasteiger partial charge is 0.462 e. The number of aliphatic hydroxyl groups is 1. The fraction of sp³-hybridized carbons (Fsp3) is 0.429. The number of rotatable bonds is 3. The van der Waals surface area contributed by atoms with E-state index < -0.39 is 0 Å². The lowest BCUT2D eigenvalue weighted by Gasteiger charge is -2.14. The van der Waals surface area contributed by atoms with E-state index in [1.165, 1.54) is 6.26 Å². The number of thiazole rings is 1. The van der Waals surface area contributed by atoms with Gasteiger partial charge in [-0.15, -0.1) is 11.3 Å². The van der Waals surface area contributed by atoms with Crippen LogP contribution in [0.4, 0.5) is 0 Å². The molecule has 2 aromatic rings. The van der Waals surface area contributed by atoms with Gasteiger partial charge in [-0.1, -0.05) is 0 Å². The quantitative estimate of drug-likeness (QED) is 0.941. The van der Waals surface area contributed by atoms with Gasteiger partial charge in [-0.05, 0) is 19.4 Å². The topological polar surface area (TPSA) is 66.6 Å². The van der Waals surface area contributed by atoms with Crippen molar-refractivity contribution in [3.8, 4) is 11.5 Å². The van der Waals surface area contributed by atoms with Gasteiger partial charge < -0.3 is 14.4 Å². The van der Waals surface area contributed by atoms with Gasteiger partial charge >= 0.3 is 0 Å². The number of aryl methyl sites for hydroxylation is 1. The van der Waals surface area contributed by atoms with Crippen molar-refractivity contribution in [2.24, 2.45) is 5.92 Å². The summed E-state index contributed by atoms with van der Waals surface area (Å²) in [5.74, 6) is 0.782. The summed E-state index contributed by atoms with van der Waals surface area (Å²) in [6.07, 6.45) is 2.34. The number of carbonyl (C=O) groups is 1. The summed E-state index contributed by atoms with van der Waals surface area (Å²) in [5.41, 5.74) is 1.31. The molecule has 1 amide bonds. The Morgan fingerprint density at radius 2 is 2.50 bits per heavy atom. The highest BCUT2D eigenvalue weighted by Gasteiger charge is 2.27. The zero-order valence-electron chi connectivity index (χ0n) is 11.2. The van der Waals surface area contributed by atoms with E-state index in [4.69, 9.17) is 9.52 Å². The number of furan rings is 1. The molecule has 3 rings (SSSR count). The van der Waals surface area contributed by atoms with Crippen LogP contribution in [-0.2, 0) is 0 Å². The van der Waals surface area contributed by atoms with Crippen molar-refractivity contribution in [2.45, 2.75) is 13.3 Å². The summed E-state index contributed by atoms with van der Waals surface area (Å²) in [7, 11) is 0. The summed E-state index contributed by atoms with van der Waals surface area (Å²) < 4.78 is 5.45. The maximum absolute atomic E-state index is 12.3. The fourth-order valence-corrected chi connectivity index (χ4v) is 3.01. The molecule has 1 unspecified atom stereocenters. The van der Waals surface area contributed by atoms with Crippen molar-refractivity contribution in [1.82, 2.24) is 9.88 Å². The van der Waals surface area contributed by atoms with Crippen molar-refractivity contribution >= 4 is 17.2 Å². The minimum absolute atomic E-state index is 0.0390. The Kier molecular flexibility index (Phi) is 3.58. The number of aliphatic hydroxyl groups excluding tert-OH is 1. The molecule has 1 aliphatic rings. The van der Waals surface area contributed by atoms with Crippen LogP contribution in [-0.4, -0.2) is 40.6 Å². The van der Waals surface area contributed by atoms with E-state index in [1.807, 2.05) is 12.3 Å².